The van der Waals surface area contributed by atoms with E-state index in [9.17, 15) is 9.59 Å². The Hall–Kier alpha value is -2.36. The molecule has 0 atom stereocenters. The molecule has 2 aromatic rings. The fourth-order valence-corrected chi connectivity index (χ4v) is 1.84. The minimum absolute atomic E-state index is 0.376. The van der Waals surface area contributed by atoms with E-state index in [2.05, 4.69) is 0 Å². The lowest BCUT2D eigenvalue weighted by molar-refractivity contribution is -0.131. The van der Waals surface area contributed by atoms with Crippen LogP contribution >= 0.6 is 0 Å². The van der Waals surface area contributed by atoms with E-state index in [4.69, 9.17) is 9.47 Å². The zero-order chi connectivity index (χ0) is 13.1. The number of carbonyl (C=O) groups excluding carboxylic acids is 2. The second-order valence-electron chi connectivity index (χ2n) is 3.78. The lowest BCUT2D eigenvalue weighted by atomic mass is 10.0. The summed E-state index contributed by atoms with van der Waals surface area (Å²) in [5, 5.41) is 1.58. The second-order valence-corrected chi connectivity index (χ2v) is 3.78. The summed E-state index contributed by atoms with van der Waals surface area (Å²) in [5.41, 5.74) is 0.490. The van der Waals surface area contributed by atoms with E-state index in [1.54, 1.807) is 24.3 Å². The molecule has 0 aliphatic carbocycles. The normalized spacial score (nSPS) is 10.1. The van der Waals surface area contributed by atoms with Gasteiger partial charge >= 0.3 is 5.97 Å². The standard InChI is InChI=1S/C14H12O4/c1-9(16)18-11-4-5-12-10(7-11)3-6-14(17-2)13(12)8-15/h3-8H,1-2H3. The first-order valence-electron chi connectivity index (χ1n) is 5.40. The van der Waals surface area contributed by atoms with Gasteiger partial charge in [0.25, 0.3) is 0 Å². The fourth-order valence-electron chi connectivity index (χ4n) is 1.84. The number of carbonyl (C=O) groups is 2. The second kappa shape index (κ2) is 4.87. The smallest absolute Gasteiger partial charge is 0.308 e. The van der Waals surface area contributed by atoms with Gasteiger partial charge in [-0.2, -0.15) is 0 Å². The Morgan fingerprint density at radius 2 is 2.00 bits per heavy atom. The molecule has 2 rings (SSSR count). The van der Waals surface area contributed by atoms with Crippen LogP contribution in [0.25, 0.3) is 10.8 Å². The Labute approximate surface area is 104 Å². The summed E-state index contributed by atoms with van der Waals surface area (Å²) in [5.74, 6) is 0.605. The van der Waals surface area contributed by atoms with Crippen molar-refractivity contribution in [2.75, 3.05) is 7.11 Å². The number of esters is 1. The van der Waals surface area contributed by atoms with Crippen molar-refractivity contribution in [2.24, 2.45) is 0 Å². The number of benzene rings is 2. The number of aldehydes is 1. The molecule has 0 unspecified atom stereocenters. The molecule has 0 aliphatic heterocycles. The SMILES string of the molecule is COc1ccc2cc(OC(C)=O)ccc2c1C=O. The van der Waals surface area contributed by atoms with Crippen LogP contribution in [0.5, 0.6) is 11.5 Å². The van der Waals surface area contributed by atoms with Gasteiger partial charge in [0.2, 0.25) is 0 Å². The number of rotatable bonds is 3. The van der Waals surface area contributed by atoms with Gasteiger partial charge in [0.1, 0.15) is 11.5 Å². The Balaban J connectivity index is 2.59. The van der Waals surface area contributed by atoms with Gasteiger partial charge in [0, 0.05) is 6.92 Å². The van der Waals surface area contributed by atoms with E-state index < -0.39 is 0 Å². The average Bonchev–Trinajstić information content (AvgIpc) is 2.36. The van der Waals surface area contributed by atoms with Crippen LogP contribution in [0.4, 0.5) is 0 Å². The third kappa shape index (κ3) is 2.18. The third-order valence-corrected chi connectivity index (χ3v) is 2.59. The number of ether oxygens (including phenoxy) is 2. The van der Waals surface area contributed by atoms with Crippen LogP contribution in [-0.4, -0.2) is 19.4 Å². The van der Waals surface area contributed by atoms with Gasteiger partial charge in [-0.3, -0.25) is 9.59 Å². The van der Waals surface area contributed by atoms with Crippen LogP contribution < -0.4 is 9.47 Å². The van der Waals surface area contributed by atoms with Gasteiger partial charge in [-0.25, -0.2) is 0 Å². The Kier molecular flexibility index (Phi) is 3.28. The van der Waals surface area contributed by atoms with E-state index >= 15 is 0 Å². The molecule has 0 amide bonds. The number of methoxy groups -OCH3 is 1. The Morgan fingerprint density at radius 3 is 2.61 bits per heavy atom. The molecule has 0 saturated heterocycles. The molecule has 0 heterocycles. The number of hydrogen-bond acceptors (Lipinski definition) is 4. The van der Waals surface area contributed by atoms with Gasteiger partial charge in [0.15, 0.2) is 6.29 Å². The van der Waals surface area contributed by atoms with Crippen molar-refractivity contribution in [3.8, 4) is 11.5 Å². The van der Waals surface area contributed by atoms with Crippen LogP contribution in [0.15, 0.2) is 30.3 Å². The minimum atomic E-state index is -0.376. The molecule has 2 aromatic carbocycles. The monoisotopic (exact) mass is 244 g/mol. The molecular formula is C14H12O4. The summed E-state index contributed by atoms with van der Waals surface area (Å²) in [6.45, 7) is 1.34. The maximum absolute atomic E-state index is 11.1. The molecular weight excluding hydrogens is 232 g/mol. The molecule has 0 fully saturated rings. The molecule has 92 valence electrons. The molecule has 0 saturated carbocycles. The molecule has 0 aromatic heterocycles. The molecule has 4 heteroatoms. The Morgan fingerprint density at radius 1 is 1.22 bits per heavy atom. The summed E-state index contributed by atoms with van der Waals surface area (Å²) in [6.07, 6.45) is 0.757. The van der Waals surface area contributed by atoms with Crippen molar-refractivity contribution < 1.29 is 19.1 Å². The van der Waals surface area contributed by atoms with Crippen LogP contribution in [0.3, 0.4) is 0 Å². The third-order valence-electron chi connectivity index (χ3n) is 2.59. The maximum Gasteiger partial charge on any atom is 0.308 e. The summed E-state index contributed by atoms with van der Waals surface area (Å²) in [7, 11) is 1.52. The zero-order valence-electron chi connectivity index (χ0n) is 10.1. The van der Waals surface area contributed by atoms with Gasteiger partial charge in [-0.1, -0.05) is 6.07 Å². The van der Waals surface area contributed by atoms with Gasteiger partial charge in [0.05, 0.1) is 12.7 Å². The molecule has 4 nitrogen and oxygen atoms in total. The van der Waals surface area contributed by atoms with Gasteiger partial charge < -0.3 is 9.47 Å². The van der Waals surface area contributed by atoms with E-state index in [1.807, 2.05) is 6.07 Å². The predicted octanol–water partition coefficient (Wildman–Crippen LogP) is 2.59. The maximum atomic E-state index is 11.1. The highest BCUT2D eigenvalue weighted by atomic mass is 16.5. The average molecular weight is 244 g/mol. The summed E-state index contributed by atoms with van der Waals surface area (Å²) < 4.78 is 10.1. The highest BCUT2D eigenvalue weighted by Crippen LogP contribution is 2.29. The summed E-state index contributed by atoms with van der Waals surface area (Å²) in [6, 6.07) is 8.62. The van der Waals surface area contributed by atoms with Crippen molar-refractivity contribution in [3.05, 3.63) is 35.9 Å². The predicted molar refractivity (Wildman–Crippen MR) is 67.2 cm³/mol. The van der Waals surface area contributed by atoms with Crippen molar-refractivity contribution in [1.82, 2.24) is 0 Å². The van der Waals surface area contributed by atoms with Crippen LogP contribution in [0.2, 0.25) is 0 Å². The highest BCUT2D eigenvalue weighted by Gasteiger charge is 2.08. The summed E-state index contributed by atoms with van der Waals surface area (Å²) >= 11 is 0. The summed E-state index contributed by atoms with van der Waals surface area (Å²) in [4.78, 5) is 22.0. The largest absolute Gasteiger partial charge is 0.496 e. The number of fused-ring (bicyclic) bond motifs is 1. The van der Waals surface area contributed by atoms with Crippen molar-refractivity contribution in [2.45, 2.75) is 6.92 Å². The molecule has 0 N–H and O–H groups in total. The molecule has 0 bridgehead atoms. The topological polar surface area (TPSA) is 52.6 Å². The molecule has 18 heavy (non-hydrogen) atoms. The minimum Gasteiger partial charge on any atom is -0.496 e. The van der Waals surface area contributed by atoms with Crippen molar-refractivity contribution in [3.63, 3.8) is 0 Å². The first-order valence-corrected chi connectivity index (χ1v) is 5.40. The molecule has 0 aliphatic rings. The zero-order valence-corrected chi connectivity index (χ0v) is 10.1. The highest BCUT2D eigenvalue weighted by molar-refractivity contribution is 6.01. The first kappa shape index (κ1) is 12.1. The Bertz CT molecular complexity index is 616. The molecule has 0 radical (unpaired) electrons. The van der Waals surface area contributed by atoms with E-state index in [-0.39, 0.29) is 5.97 Å². The van der Waals surface area contributed by atoms with E-state index in [1.165, 1.54) is 14.0 Å². The van der Waals surface area contributed by atoms with Crippen LogP contribution in [0, 0.1) is 0 Å². The lowest BCUT2D eigenvalue weighted by Crippen LogP contribution is -2.01. The fraction of sp³-hybridized carbons (Fsp3) is 0.143. The van der Waals surface area contributed by atoms with E-state index in [0.29, 0.717) is 17.1 Å². The van der Waals surface area contributed by atoms with Gasteiger partial charge in [-0.15, -0.1) is 0 Å². The van der Waals surface area contributed by atoms with E-state index in [0.717, 1.165) is 17.1 Å². The lowest BCUT2D eigenvalue weighted by Gasteiger charge is -2.08. The van der Waals surface area contributed by atoms with Gasteiger partial charge in [-0.05, 0) is 35.0 Å². The number of hydrogen-bond donors (Lipinski definition) is 0. The van der Waals surface area contributed by atoms with Crippen molar-refractivity contribution >= 4 is 23.0 Å². The first-order chi connectivity index (χ1) is 8.65. The molecule has 0 spiro atoms. The van der Waals surface area contributed by atoms with Crippen LogP contribution in [-0.2, 0) is 4.79 Å². The quantitative estimate of drug-likeness (QED) is 0.473. The van der Waals surface area contributed by atoms with Crippen molar-refractivity contribution in [1.29, 1.82) is 0 Å². The van der Waals surface area contributed by atoms with Crippen LogP contribution in [0.1, 0.15) is 17.3 Å².